The number of phenols is 4. The lowest BCUT2D eigenvalue weighted by Crippen LogP contribution is -2.25. The van der Waals surface area contributed by atoms with E-state index in [4.69, 9.17) is 9.47 Å². The number of cyclic esters (lactones) is 1. The monoisotopic (exact) mass is 579 g/mol. The lowest BCUT2D eigenvalue weighted by Gasteiger charge is -2.30. The maximum absolute atomic E-state index is 13.8. The fourth-order valence-corrected chi connectivity index (χ4v) is 6.56. The summed E-state index contributed by atoms with van der Waals surface area (Å²) in [5.74, 6) is -4.21. The van der Waals surface area contributed by atoms with Crippen molar-refractivity contribution in [2.45, 2.75) is 26.0 Å². The quantitative estimate of drug-likeness (QED) is 0.222. The third-order valence-electron chi connectivity index (χ3n) is 8.69. The van der Waals surface area contributed by atoms with Crippen molar-refractivity contribution in [3.8, 4) is 39.9 Å². The molecule has 0 amide bonds. The molecule has 0 aromatic heterocycles. The molecule has 0 radical (unpaired) electrons. The van der Waals surface area contributed by atoms with Gasteiger partial charge in [0.1, 0.15) is 34.3 Å². The molecule has 10 nitrogen and oxygen atoms in total. The van der Waals surface area contributed by atoms with Crippen molar-refractivity contribution in [3.63, 3.8) is 0 Å². The van der Waals surface area contributed by atoms with E-state index < -0.39 is 46.8 Å². The summed E-state index contributed by atoms with van der Waals surface area (Å²) in [6, 6.07) is 12.2. The van der Waals surface area contributed by atoms with E-state index in [0.29, 0.717) is 23.1 Å². The molecule has 2 aliphatic carbocycles. The average Bonchev–Trinajstić information content (AvgIpc) is 3.34. The number of methoxy groups -OCH3 is 1. The summed E-state index contributed by atoms with van der Waals surface area (Å²) >= 11 is 0. The molecule has 0 bridgehead atoms. The summed E-state index contributed by atoms with van der Waals surface area (Å²) in [5, 5.41) is 44.3. The van der Waals surface area contributed by atoms with Crippen LogP contribution in [0, 0.1) is 6.92 Å². The summed E-state index contributed by atoms with van der Waals surface area (Å²) in [7, 11) is 3.09. The maximum Gasteiger partial charge on any atom is 0.344 e. The highest BCUT2D eigenvalue weighted by molar-refractivity contribution is 6.32. The first-order valence-electron chi connectivity index (χ1n) is 13.5. The fraction of sp³-hybridized carbons (Fsp3) is 0.182. The van der Waals surface area contributed by atoms with Crippen molar-refractivity contribution in [1.82, 2.24) is 0 Å². The Bertz CT molecular complexity index is 1960. The molecule has 0 saturated heterocycles. The van der Waals surface area contributed by atoms with Gasteiger partial charge in [-0.3, -0.25) is 9.59 Å². The second-order valence-corrected chi connectivity index (χ2v) is 10.9. The predicted molar refractivity (Wildman–Crippen MR) is 154 cm³/mol. The number of anilines is 1. The SMILES string of the molecule is COc1c2c(c(O)c3c1C(=O)c1c(cc(O)c(C)c1O)C3=O)-c1c(cc3c(c1O)C(=O)OC3N(C)c1ccccc1)CC2. The summed E-state index contributed by atoms with van der Waals surface area (Å²) in [5.41, 5.74) is 1.22. The lowest BCUT2D eigenvalue weighted by molar-refractivity contribution is 0.0386. The number of carbonyl (C=O) groups is 3. The standard InChI is InChI=1S/C33H25NO9/c1-13-19(35)12-17-22(26(13)36)30(40)25-24(27(17)37)29(39)21-16(31(25)42-3)10-9-14-11-18-23(28(38)20(14)21)33(41)43-32(18)34(2)15-7-5-4-6-8-15/h4-8,11-12,32,35-36,38-39H,9-10H2,1-3H3. The molecule has 216 valence electrons. The highest BCUT2D eigenvalue weighted by Crippen LogP contribution is 2.56. The number of hydrogen-bond acceptors (Lipinski definition) is 10. The number of aryl methyl sites for hydroxylation is 1. The molecule has 1 aliphatic heterocycles. The molecular weight excluding hydrogens is 554 g/mol. The first-order valence-corrected chi connectivity index (χ1v) is 13.5. The van der Waals surface area contributed by atoms with Crippen LogP contribution < -0.4 is 9.64 Å². The number of carbonyl (C=O) groups excluding carboxylic acids is 3. The summed E-state index contributed by atoms with van der Waals surface area (Å²) < 4.78 is 11.4. The Labute approximate surface area is 245 Å². The van der Waals surface area contributed by atoms with Gasteiger partial charge in [0.15, 0.2) is 5.78 Å². The van der Waals surface area contributed by atoms with Crippen LogP contribution in [0.5, 0.6) is 28.7 Å². The van der Waals surface area contributed by atoms with E-state index in [1.165, 1.54) is 14.0 Å². The van der Waals surface area contributed by atoms with Gasteiger partial charge in [-0.15, -0.1) is 0 Å². The second kappa shape index (κ2) is 8.99. The maximum atomic E-state index is 13.8. The van der Waals surface area contributed by atoms with Crippen molar-refractivity contribution in [2.24, 2.45) is 0 Å². The van der Waals surface area contributed by atoms with E-state index in [1.54, 1.807) is 18.0 Å². The molecule has 0 spiro atoms. The van der Waals surface area contributed by atoms with E-state index in [0.717, 1.165) is 11.8 Å². The second-order valence-electron chi connectivity index (χ2n) is 10.9. The predicted octanol–water partition coefficient (Wildman–Crippen LogP) is 4.67. The molecule has 0 fully saturated rings. The molecule has 1 unspecified atom stereocenters. The molecule has 3 aliphatic rings. The van der Waals surface area contributed by atoms with Crippen LogP contribution in [-0.4, -0.2) is 52.1 Å². The summed E-state index contributed by atoms with van der Waals surface area (Å²) in [4.78, 5) is 42.5. The van der Waals surface area contributed by atoms with Crippen molar-refractivity contribution in [2.75, 3.05) is 19.1 Å². The lowest BCUT2D eigenvalue weighted by atomic mass is 9.74. The number of nitrogens with zero attached hydrogens (tertiary/aromatic N) is 1. The average molecular weight is 580 g/mol. The number of ketones is 2. The summed E-state index contributed by atoms with van der Waals surface area (Å²) in [6.07, 6.45) is -0.188. The van der Waals surface area contributed by atoms with Gasteiger partial charge in [0, 0.05) is 46.1 Å². The molecule has 4 N–H and O–H groups in total. The highest BCUT2D eigenvalue weighted by Gasteiger charge is 2.44. The molecule has 1 atom stereocenters. The van der Waals surface area contributed by atoms with E-state index in [1.807, 2.05) is 30.3 Å². The van der Waals surface area contributed by atoms with Gasteiger partial charge in [0.25, 0.3) is 0 Å². The number of hydrogen-bond donors (Lipinski definition) is 4. The topological polar surface area (TPSA) is 154 Å². The Morgan fingerprint density at radius 3 is 2.21 bits per heavy atom. The van der Waals surface area contributed by atoms with Gasteiger partial charge in [-0.25, -0.2) is 4.79 Å². The van der Waals surface area contributed by atoms with E-state index in [9.17, 15) is 34.8 Å². The van der Waals surface area contributed by atoms with Crippen LogP contribution in [0.3, 0.4) is 0 Å². The van der Waals surface area contributed by atoms with Crippen LogP contribution >= 0.6 is 0 Å². The number of para-hydroxylation sites is 1. The Hall–Kier alpha value is -5.51. The van der Waals surface area contributed by atoms with E-state index >= 15 is 0 Å². The minimum absolute atomic E-state index is 0.0201. The van der Waals surface area contributed by atoms with Gasteiger partial charge >= 0.3 is 5.97 Å². The summed E-state index contributed by atoms with van der Waals surface area (Å²) in [6.45, 7) is 1.41. The van der Waals surface area contributed by atoms with Crippen LogP contribution in [0.1, 0.15) is 70.7 Å². The first-order chi connectivity index (χ1) is 20.6. The van der Waals surface area contributed by atoms with Crippen molar-refractivity contribution < 1.29 is 44.3 Å². The van der Waals surface area contributed by atoms with Crippen LogP contribution in [0.2, 0.25) is 0 Å². The van der Waals surface area contributed by atoms with Crippen LogP contribution in [0.4, 0.5) is 5.69 Å². The molecule has 4 aromatic rings. The van der Waals surface area contributed by atoms with Crippen molar-refractivity contribution >= 4 is 23.2 Å². The third kappa shape index (κ3) is 3.37. The number of aromatic hydroxyl groups is 4. The molecular formula is C33H25NO9. The van der Waals surface area contributed by atoms with E-state index in [-0.39, 0.29) is 56.7 Å². The number of ether oxygens (including phenoxy) is 2. The van der Waals surface area contributed by atoms with Gasteiger partial charge in [0.2, 0.25) is 12.0 Å². The van der Waals surface area contributed by atoms with Crippen molar-refractivity contribution in [3.05, 3.63) is 92.5 Å². The Morgan fingerprint density at radius 2 is 1.51 bits per heavy atom. The zero-order valence-electron chi connectivity index (χ0n) is 23.3. The van der Waals surface area contributed by atoms with Gasteiger partial charge in [0.05, 0.1) is 23.8 Å². The van der Waals surface area contributed by atoms with Crippen LogP contribution in [0.25, 0.3) is 11.1 Å². The van der Waals surface area contributed by atoms with Crippen LogP contribution in [-0.2, 0) is 17.6 Å². The Kier molecular flexibility index (Phi) is 5.52. The number of fused-ring (bicyclic) bond motifs is 6. The minimum atomic E-state index is -0.814. The van der Waals surface area contributed by atoms with Crippen molar-refractivity contribution in [1.29, 1.82) is 0 Å². The minimum Gasteiger partial charge on any atom is -0.508 e. The number of phenolic OH excluding ortho intramolecular Hbond substituents is 4. The molecule has 0 saturated carbocycles. The Morgan fingerprint density at radius 1 is 0.814 bits per heavy atom. The first kappa shape index (κ1) is 26.4. The molecule has 1 heterocycles. The zero-order valence-corrected chi connectivity index (χ0v) is 23.3. The molecule has 7 rings (SSSR count). The molecule has 10 heteroatoms. The largest absolute Gasteiger partial charge is 0.508 e. The van der Waals surface area contributed by atoms with Gasteiger partial charge in [-0.2, -0.15) is 0 Å². The molecule has 4 aromatic carbocycles. The highest BCUT2D eigenvalue weighted by atomic mass is 16.6. The number of esters is 1. The normalized spacial score (nSPS) is 16.1. The van der Waals surface area contributed by atoms with Gasteiger partial charge in [-0.05, 0) is 49.6 Å². The van der Waals surface area contributed by atoms with Gasteiger partial charge in [-0.1, -0.05) is 18.2 Å². The van der Waals surface area contributed by atoms with E-state index in [2.05, 4.69) is 0 Å². The Balaban J connectivity index is 1.46. The zero-order chi connectivity index (χ0) is 30.5. The van der Waals surface area contributed by atoms with Gasteiger partial charge < -0.3 is 34.8 Å². The molecule has 43 heavy (non-hydrogen) atoms. The third-order valence-corrected chi connectivity index (χ3v) is 8.69. The fourth-order valence-electron chi connectivity index (χ4n) is 6.56. The number of rotatable bonds is 3. The van der Waals surface area contributed by atoms with Crippen LogP contribution in [0.15, 0.2) is 42.5 Å². The smallest absolute Gasteiger partial charge is 0.344 e. The number of benzene rings is 4.